The van der Waals surface area contributed by atoms with E-state index in [2.05, 4.69) is 4.74 Å². The first-order valence-corrected chi connectivity index (χ1v) is 4.72. The zero-order chi connectivity index (χ0) is 13.1. The molecular formula is C11H10F4O2. The fourth-order valence-electron chi connectivity index (χ4n) is 1.29. The van der Waals surface area contributed by atoms with E-state index < -0.39 is 30.3 Å². The van der Waals surface area contributed by atoms with Gasteiger partial charge in [-0.1, -0.05) is 18.2 Å². The van der Waals surface area contributed by atoms with Crippen molar-refractivity contribution in [2.75, 3.05) is 7.11 Å². The lowest BCUT2D eigenvalue weighted by molar-refractivity contribution is -0.146. The van der Waals surface area contributed by atoms with Gasteiger partial charge in [0.15, 0.2) is 0 Å². The predicted molar refractivity (Wildman–Crippen MR) is 52.1 cm³/mol. The molecule has 0 fully saturated rings. The summed E-state index contributed by atoms with van der Waals surface area (Å²) in [6, 6.07) is 4.19. The third-order valence-electron chi connectivity index (χ3n) is 2.13. The normalized spacial score (nSPS) is 13.2. The average molecular weight is 250 g/mol. The monoisotopic (exact) mass is 250 g/mol. The lowest BCUT2D eigenvalue weighted by atomic mass is 10.1. The summed E-state index contributed by atoms with van der Waals surface area (Å²) in [5.41, 5.74) is -0.773. The molecule has 0 saturated carbocycles. The minimum Gasteiger partial charge on any atom is -0.467 e. The third kappa shape index (κ3) is 3.72. The summed E-state index contributed by atoms with van der Waals surface area (Å²) >= 11 is 0. The second-order valence-corrected chi connectivity index (χ2v) is 3.39. The number of ether oxygens (including phenoxy) is 1. The number of methoxy groups -OCH3 is 1. The van der Waals surface area contributed by atoms with Gasteiger partial charge in [-0.25, -0.2) is 9.18 Å². The van der Waals surface area contributed by atoms with Crippen LogP contribution in [-0.4, -0.2) is 19.3 Å². The molecule has 1 rings (SSSR count). The van der Waals surface area contributed by atoms with E-state index in [1.54, 1.807) is 0 Å². The summed E-state index contributed by atoms with van der Waals surface area (Å²) in [6.07, 6.45) is -6.87. The first-order valence-electron chi connectivity index (χ1n) is 4.72. The highest BCUT2D eigenvalue weighted by Crippen LogP contribution is 2.29. The van der Waals surface area contributed by atoms with Crippen molar-refractivity contribution in [3.8, 4) is 0 Å². The zero-order valence-electron chi connectivity index (χ0n) is 8.92. The van der Waals surface area contributed by atoms with E-state index in [1.165, 1.54) is 12.1 Å². The highest BCUT2D eigenvalue weighted by molar-refractivity contribution is 5.74. The molecule has 94 valence electrons. The van der Waals surface area contributed by atoms with Crippen molar-refractivity contribution in [1.29, 1.82) is 0 Å². The molecule has 1 atom stereocenters. The minimum absolute atomic E-state index is 0.0951. The molecule has 0 aliphatic rings. The van der Waals surface area contributed by atoms with Gasteiger partial charge in [-0.2, -0.15) is 13.2 Å². The summed E-state index contributed by atoms with van der Waals surface area (Å²) in [5, 5.41) is 0. The Kier molecular flexibility index (Phi) is 4.09. The van der Waals surface area contributed by atoms with Gasteiger partial charge >= 0.3 is 12.1 Å². The number of hydrogen-bond donors (Lipinski definition) is 0. The Morgan fingerprint density at radius 3 is 2.59 bits per heavy atom. The van der Waals surface area contributed by atoms with Crippen molar-refractivity contribution in [1.82, 2.24) is 0 Å². The number of carbonyl (C=O) groups is 1. The maximum Gasteiger partial charge on any atom is 0.416 e. The van der Waals surface area contributed by atoms with Crippen molar-refractivity contribution in [3.05, 3.63) is 35.4 Å². The van der Waals surface area contributed by atoms with Gasteiger partial charge in [0.2, 0.25) is 6.17 Å². The lowest BCUT2D eigenvalue weighted by Gasteiger charge is -2.10. The number of hydrogen-bond acceptors (Lipinski definition) is 2. The Labute approximate surface area is 95.2 Å². The van der Waals surface area contributed by atoms with Crippen molar-refractivity contribution in [2.24, 2.45) is 0 Å². The van der Waals surface area contributed by atoms with Crippen molar-refractivity contribution in [3.63, 3.8) is 0 Å². The van der Waals surface area contributed by atoms with E-state index in [0.717, 1.165) is 19.2 Å². The van der Waals surface area contributed by atoms with Crippen LogP contribution >= 0.6 is 0 Å². The van der Waals surface area contributed by atoms with E-state index in [-0.39, 0.29) is 5.56 Å². The van der Waals surface area contributed by atoms with Crippen LogP contribution in [0.25, 0.3) is 0 Å². The molecule has 0 amide bonds. The maximum absolute atomic E-state index is 13.2. The van der Waals surface area contributed by atoms with Crippen LogP contribution in [0.2, 0.25) is 0 Å². The summed E-state index contributed by atoms with van der Waals surface area (Å²) in [7, 11) is 1.01. The van der Waals surface area contributed by atoms with Crippen LogP contribution < -0.4 is 0 Å². The van der Waals surface area contributed by atoms with Crippen LogP contribution in [0.1, 0.15) is 11.1 Å². The van der Waals surface area contributed by atoms with Crippen LogP contribution in [0.15, 0.2) is 24.3 Å². The minimum atomic E-state index is -4.48. The lowest BCUT2D eigenvalue weighted by Crippen LogP contribution is -2.20. The molecule has 17 heavy (non-hydrogen) atoms. The van der Waals surface area contributed by atoms with E-state index in [0.29, 0.717) is 0 Å². The predicted octanol–water partition coefficient (Wildman–Crippen LogP) is 2.76. The molecule has 1 aromatic rings. The van der Waals surface area contributed by atoms with E-state index in [9.17, 15) is 22.4 Å². The van der Waals surface area contributed by atoms with Gasteiger partial charge in [0.1, 0.15) is 0 Å². The van der Waals surface area contributed by atoms with Gasteiger partial charge in [0.05, 0.1) is 12.7 Å². The van der Waals surface area contributed by atoms with Crippen LogP contribution in [0, 0.1) is 0 Å². The summed E-state index contributed by atoms with van der Waals surface area (Å²) in [6.45, 7) is 0. The fourth-order valence-corrected chi connectivity index (χ4v) is 1.29. The molecule has 0 bridgehead atoms. The van der Waals surface area contributed by atoms with Crippen molar-refractivity contribution in [2.45, 2.75) is 18.8 Å². The van der Waals surface area contributed by atoms with Gasteiger partial charge in [0, 0.05) is 6.42 Å². The molecule has 1 unspecified atom stereocenters. The van der Waals surface area contributed by atoms with Crippen LogP contribution in [0.4, 0.5) is 17.6 Å². The second kappa shape index (κ2) is 5.16. The Morgan fingerprint density at radius 2 is 2.06 bits per heavy atom. The molecule has 0 aromatic heterocycles. The fraction of sp³-hybridized carbons (Fsp3) is 0.364. The average Bonchev–Trinajstić information content (AvgIpc) is 2.27. The number of carbonyl (C=O) groups excluding carboxylic acids is 1. The van der Waals surface area contributed by atoms with Gasteiger partial charge < -0.3 is 4.74 Å². The highest BCUT2D eigenvalue weighted by atomic mass is 19.4. The van der Waals surface area contributed by atoms with Crippen LogP contribution in [-0.2, 0) is 22.1 Å². The Balaban J connectivity index is 2.83. The Bertz CT molecular complexity index is 401. The summed E-state index contributed by atoms with van der Waals surface area (Å²) < 4.78 is 54.3. The maximum atomic E-state index is 13.2. The molecule has 0 N–H and O–H groups in total. The molecule has 0 radical (unpaired) electrons. The first kappa shape index (κ1) is 13.5. The topological polar surface area (TPSA) is 26.3 Å². The molecule has 0 aliphatic carbocycles. The van der Waals surface area contributed by atoms with Gasteiger partial charge in [0.25, 0.3) is 0 Å². The number of esters is 1. The molecule has 1 aromatic carbocycles. The Hall–Kier alpha value is -1.59. The highest BCUT2D eigenvalue weighted by Gasteiger charge is 2.30. The third-order valence-corrected chi connectivity index (χ3v) is 2.13. The first-order chi connectivity index (χ1) is 7.84. The van der Waals surface area contributed by atoms with E-state index in [4.69, 9.17) is 0 Å². The number of rotatable bonds is 3. The molecule has 0 heterocycles. The summed E-state index contributed by atoms with van der Waals surface area (Å²) in [5.74, 6) is -1.09. The van der Waals surface area contributed by atoms with Crippen molar-refractivity contribution >= 4 is 5.97 Å². The quantitative estimate of drug-likeness (QED) is 0.609. The van der Waals surface area contributed by atoms with Gasteiger partial charge in [-0.15, -0.1) is 0 Å². The molecule has 0 spiro atoms. The van der Waals surface area contributed by atoms with Crippen LogP contribution in [0.3, 0.4) is 0 Å². The number of benzene rings is 1. The largest absolute Gasteiger partial charge is 0.467 e. The zero-order valence-corrected chi connectivity index (χ0v) is 8.92. The SMILES string of the molecule is COC(=O)C(F)Cc1cccc(C(F)(F)F)c1. The summed E-state index contributed by atoms with van der Waals surface area (Å²) in [4.78, 5) is 10.8. The Morgan fingerprint density at radius 1 is 1.41 bits per heavy atom. The molecule has 0 saturated heterocycles. The second-order valence-electron chi connectivity index (χ2n) is 3.39. The van der Waals surface area contributed by atoms with Crippen LogP contribution in [0.5, 0.6) is 0 Å². The van der Waals surface area contributed by atoms with Crippen molar-refractivity contribution < 1.29 is 27.1 Å². The molecular weight excluding hydrogens is 240 g/mol. The number of halogens is 4. The molecule has 0 aliphatic heterocycles. The van der Waals surface area contributed by atoms with E-state index >= 15 is 0 Å². The standard InChI is InChI=1S/C11H10F4O2/c1-17-10(16)9(12)6-7-3-2-4-8(5-7)11(13,14)15/h2-5,9H,6H2,1H3. The smallest absolute Gasteiger partial charge is 0.416 e. The van der Waals surface area contributed by atoms with E-state index in [1.807, 2.05) is 0 Å². The van der Waals surface area contributed by atoms with Gasteiger partial charge in [-0.3, -0.25) is 0 Å². The molecule has 2 nitrogen and oxygen atoms in total. The van der Waals surface area contributed by atoms with Gasteiger partial charge in [-0.05, 0) is 11.6 Å². The number of alkyl halides is 4. The molecule has 6 heteroatoms.